The molecular formula is C69H122N3O23P. The van der Waals surface area contributed by atoms with Crippen molar-refractivity contribution in [2.75, 3.05) is 66.0 Å². The first-order valence-electron chi connectivity index (χ1n) is 35.9. The van der Waals surface area contributed by atoms with Gasteiger partial charge >= 0.3 is 31.7 Å². The van der Waals surface area contributed by atoms with E-state index in [9.17, 15) is 33.6 Å². The Balaban J connectivity index is 3.16. The first-order valence-corrected chi connectivity index (χ1v) is 37.4. The zero-order valence-electron chi connectivity index (χ0n) is 60.0. The van der Waals surface area contributed by atoms with E-state index in [1.807, 2.05) is 55.4 Å². The van der Waals surface area contributed by atoms with Gasteiger partial charge in [0.1, 0.15) is 48.7 Å². The average molecular weight is 1390 g/mol. The minimum atomic E-state index is -4.63. The third-order valence-corrected chi connectivity index (χ3v) is 17.4. The Kier molecular flexibility index (Phi) is 48.1. The number of carbonyl (C=O) groups excluding carboxylic acids is 7. The number of terminal acetylenes is 1. The molecule has 3 amide bonds. The van der Waals surface area contributed by atoms with Gasteiger partial charge in [0, 0.05) is 58.7 Å². The van der Waals surface area contributed by atoms with E-state index in [0.29, 0.717) is 71.0 Å². The van der Waals surface area contributed by atoms with Crippen molar-refractivity contribution in [2.45, 2.75) is 323 Å². The lowest BCUT2D eigenvalue weighted by Gasteiger charge is -2.48. The standard InChI is InChI=1S/C69H122N3O23P/c1-14-27-34-55(73)70-35-42-85-68-62(71-56(74)43-49(21-8)82-37-29-16-3)66(93-60(78)45-50(22-9)83-38-30-17-4)64(84-39-31-18-5)54(92-68)48-86-69-63(72-57(75)44-51(23-10)89-58(76)25-12)67(94-61(79)46-52(24-11)90-59(77)26-13)65(53(91-69)47-81-36-28-15-2)95-96(80,87-40-32-19-6)88-41-33-20-7/h1,49-54,62-69H,15-48H2,2-13H3,(H,70,73)(H,71,74)(H,72,75)/t49-,50-,51-,52-,53?,54?,62?,63+,64-,65-,66-,67?,68+,69-/m1/s1. The van der Waals surface area contributed by atoms with Crippen LogP contribution < -0.4 is 16.0 Å². The summed E-state index contributed by atoms with van der Waals surface area (Å²) in [6.07, 6.45) is -0.365. The summed E-state index contributed by atoms with van der Waals surface area (Å²) in [5, 5.41) is 8.79. The van der Waals surface area contributed by atoms with Crippen molar-refractivity contribution in [3.05, 3.63) is 0 Å². The highest BCUT2D eigenvalue weighted by Gasteiger charge is 2.55. The number of carbonyl (C=O) groups is 7. The van der Waals surface area contributed by atoms with Gasteiger partial charge in [-0.2, -0.15) is 0 Å². The van der Waals surface area contributed by atoms with E-state index in [0.717, 1.165) is 32.1 Å². The molecule has 0 aromatic heterocycles. The molecule has 0 aromatic rings. The average Bonchev–Trinajstić information content (AvgIpc) is 0.786. The summed E-state index contributed by atoms with van der Waals surface area (Å²) in [7, 11) is -4.63. The minimum absolute atomic E-state index is 0.0262. The molecule has 0 bridgehead atoms. The van der Waals surface area contributed by atoms with Crippen LogP contribution in [0.5, 0.6) is 0 Å². The van der Waals surface area contributed by atoms with Crippen LogP contribution >= 0.6 is 7.82 Å². The van der Waals surface area contributed by atoms with Crippen LogP contribution in [0, 0.1) is 12.3 Å². The zero-order chi connectivity index (χ0) is 71.1. The van der Waals surface area contributed by atoms with Crippen LogP contribution in [0.3, 0.4) is 0 Å². The molecule has 2 aliphatic rings. The Hall–Kier alpha value is -4.36. The number of hydrogen-bond donors (Lipinski definition) is 3. The summed E-state index contributed by atoms with van der Waals surface area (Å²) in [5.41, 5.74) is 0. The van der Waals surface area contributed by atoms with E-state index >= 15 is 4.57 Å². The highest BCUT2D eigenvalue weighted by Crippen LogP contribution is 2.53. The Bertz CT molecular complexity index is 2250. The first-order chi connectivity index (χ1) is 46.3. The number of amides is 3. The predicted molar refractivity (Wildman–Crippen MR) is 358 cm³/mol. The van der Waals surface area contributed by atoms with Crippen molar-refractivity contribution in [1.29, 1.82) is 0 Å². The Morgan fingerprint density at radius 2 is 0.906 bits per heavy atom. The van der Waals surface area contributed by atoms with Crippen molar-refractivity contribution in [3.63, 3.8) is 0 Å². The van der Waals surface area contributed by atoms with Crippen molar-refractivity contribution in [3.8, 4) is 12.3 Å². The summed E-state index contributed by atoms with van der Waals surface area (Å²) in [6.45, 7) is 22.4. The number of phosphoric ester groups is 1. The van der Waals surface area contributed by atoms with Crippen LogP contribution in [0.2, 0.25) is 0 Å². The lowest BCUT2D eigenvalue weighted by molar-refractivity contribution is -0.309. The molecule has 0 aromatic carbocycles. The quantitative estimate of drug-likeness (QED) is 0.0168. The molecule has 96 heavy (non-hydrogen) atoms. The molecule has 2 heterocycles. The summed E-state index contributed by atoms with van der Waals surface area (Å²) < 4.78 is 110. The molecule has 27 heteroatoms. The number of unbranched alkanes of at least 4 members (excludes halogenated alkanes) is 6. The SMILES string of the molecule is C#CCCC(=O)NCCO[C@H]1OC(CO[C@@H]2OC(COCCCC)[C@@H](OP(=O)(OCCCC)OCCCC)C(OC(=O)C[C@@H](CC)OC(=O)CC)[C@@H]2NC(=O)C[C@@H](CC)OC(=O)CC)[C@@H](OCCCC)[C@H](OC(=O)C[C@@H](CC)OCCCC)C1NC(=O)C[C@@H](CC)OCCCC. The molecule has 2 fully saturated rings. The van der Waals surface area contributed by atoms with Crippen LogP contribution in [0.4, 0.5) is 0 Å². The lowest BCUT2D eigenvalue weighted by atomic mass is 9.94. The van der Waals surface area contributed by atoms with Crippen LogP contribution in [0.25, 0.3) is 0 Å². The highest BCUT2D eigenvalue weighted by atomic mass is 31.2. The molecule has 0 aliphatic carbocycles. The van der Waals surface area contributed by atoms with Crippen molar-refractivity contribution < 1.29 is 109 Å². The molecule has 556 valence electrons. The Morgan fingerprint density at radius 3 is 1.41 bits per heavy atom. The minimum Gasteiger partial charge on any atom is -0.462 e. The molecule has 0 radical (unpaired) electrons. The maximum atomic E-state index is 15.1. The van der Waals surface area contributed by atoms with Crippen LogP contribution in [-0.2, 0) is 109 Å². The fraction of sp³-hybridized carbons (Fsp3) is 0.870. The van der Waals surface area contributed by atoms with E-state index in [1.54, 1.807) is 27.7 Å². The molecular weight excluding hydrogens is 1270 g/mol. The molecule has 2 saturated heterocycles. The molecule has 4 unspecified atom stereocenters. The van der Waals surface area contributed by atoms with Gasteiger partial charge in [-0.1, -0.05) is 122 Å². The number of rotatable bonds is 56. The number of nitrogens with one attached hydrogen (secondary N) is 3. The van der Waals surface area contributed by atoms with Crippen LogP contribution in [0.15, 0.2) is 0 Å². The van der Waals surface area contributed by atoms with E-state index in [4.69, 9.17) is 76.8 Å². The fourth-order valence-electron chi connectivity index (χ4n) is 9.99. The van der Waals surface area contributed by atoms with Gasteiger partial charge in [0.25, 0.3) is 0 Å². The van der Waals surface area contributed by atoms with Crippen molar-refractivity contribution >= 4 is 49.4 Å². The van der Waals surface area contributed by atoms with Gasteiger partial charge in [-0.05, 0) is 64.2 Å². The number of ether oxygens (including phenoxy) is 12. The topological polar surface area (TPSA) is 311 Å². The smallest absolute Gasteiger partial charge is 0.462 e. The summed E-state index contributed by atoms with van der Waals surface area (Å²) in [5.74, 6) is -1.78. The maximum absolute atomic E-state index is 15.1. The third kappa shape index (κ3) is 35.1. The van der Waals surface area contributed by atoms with Crippen LogP contribution in [-0.4, -0.2) is 193 Å². The molecule has 2 rings (SSSR count). The van der Waals surface area contributed by atoms with Crippen molar-refractivity contribution in [1.82, 2.24) is 16.0 Å². The summed E-state index contributed by atoms with van der Waals surface area (Å²) in [6, 6.07) is -2.87. The van der Waals surface area contributed by atoms with E-state index in [2.05, 4.69) is 21.9 Å². The Morgan fingerprint density at radius 1 is 0.469 bits per heavy atom. The van der Waals surface area contributed by atoms with Crippen molar-refractivity contribution in [2.24, 2.45) is 0 Å². The third-order valence-electron chi connectivity index (χ3n) is 15.9. The van der Waals surface area contributed by atoms with Gasteiger partial charge in [0.15, 0.2) is 24.8 Å². The second-order valence-corrected chi connectivity index (χ2v) is 25.6. The van der Waals surface area contributed by atoms with Gasteiger partial charge in [0.05, 0.1) is 70.9 Å². The zero-order valence-corrected chi connectivity index (χ0v) is 60.9. The highest BCUT2D eigenvalue weighted by molar-refractivity contribution is 7.48. The normalized spacial score (nSPS) is 22.4. The van der Waals surface area contributed by atoms with E-state index < -0.39 is 142 Å². The molecule has 0 saturated carbocycles. The van der Waals surface area contributed by atoms with E-state index in [1.165, 1.54) is 0 Å². The predicted octanol–water partition coefficient (Wildman–Crippen LogP) is 10.1. The second-order valence-electron chi connectivity index (χ2n) is 24.0. The van der Waals surface area contributed by atoms with Gasteiger partial charge in [-0.3, -0.25) is 47.1 Å². The molecule has 0 spiro atoms. The number of hydrogen-bond acceptors (Lipinski definition) is 23. The van der Waals surface area contributed by atoms with Crippen LogP contribution in [0.1, 0.15) is 237 Å². The lowest BCUT2D eigenvalue weighted by Crippen LogP contribution is -2.68. The summed E-state index contributed by atoms with van der Waals surface area (Å²) >= 11 is 0. The monoisotopic (exact) mass is 1390 g/mol. The van der Waals surface area contributed by atoms with Gasteiger partial charge in [-0.15, -0.1) is 12.3 Å². The van der Waals surface area contributed by atoms with Gasteiger partial charge < -0.3 is 72.8 Å². The second kappa shape index (κ2) is 52.6. The van der Waals surface area contributed by atoms with Gasteiger partial charge in [0.2, 0.25) is 17.7 Å². The van der Waals surface area contributed by atoms with E-state index in [-0.39, 0.29) is 110 Å². The number of phosphoric acid groups is 1. The molecule has 14 atom stereocenters. The summed E-state index contributed by atoms with van der Waals surface area (Å²) in [4.78, 5) is 96.7. The van der Waals surface area contributed by atoms with Gasteiger partial charge in [-0.25, -0.2) is 4.57 Å². The molecule has 2 aliphatic heterocycles. The number of esters is 4. The maximum Gasteiger partial charge on any atom is 0.475 e. The first kappa shape index (κ1) is 87.7. The molecule has 26 nitrogen and oxygen atoms in total. The largest absolute Gasteiger partial charge is 0.475 e. The Labute approximate surface area is 573 Å². The molecule has 3 N–H and O–H groups in total. The fourth-order valence-corrected chi connectivity index (χ4v) is 11.4.